The number of nitrogens with zero attached hydrogens (tertiary/aromatic N) is 1. The molecular weight excluding hydrogens is 311 g/mol. The van der Waals surface area contributed by atoms with Crippen molar-refractivity contribution in [3.63, 3.8) is 0 Å². The van der Waals surface area contributed by atoms with Gasteiger partial charge in [0.15, 0.2) is 0 Å². The first-order valence-corrected chi connectivity index (χ1v) is 6.68. The number of ether oxygens (including phenoxy) is 1. The average molecular weight is 321 g/mol. The summed E-state index contributed by atoms with van der Waals surface area (Å²) in [7, 11) is 1.20. The van der Waals surface area contributed by atoms with Gasteiger partial charge >= 0.3 is 11.7 Å². The Morgan fingerprint density at radius 2 is 2.05 bits per heavy atom. The van der Waals surface area contributed by atoms with Crippen LogP contribution in [0.1, 0.15) is 10.4 Å². The van der Waals surface area contributed by atoms with E-state index in [2.05, 4.69) is 9.72 Å². The number of para-hydroxylation sites is 1. The van der Waals surface area contributed by atoms with Crippen LogP contribution in [0.3, 0.4) is 0 Å². The Morgan fingerprint density at radius 1 is 1.32 bits per heavy atom. The molecule has 5 nitrogen and oxygen atoms in total. The molecule has 1 aromatic heterocycles. The highest BCUT2D eigenvalue weighted by Crippen LogP contribution is 2.25. The van der Waals surface area contributed by atoms with Crippen molar-refractivity contribution < 1.29 is 13.9 Å². The monoisotopic (exact) mass is 320 g/mol. The molecule has 0 aliphatic rings. The summed E-state index contributed by atoms with van der Waals surface area (Å²) in [6, 6.07) is 8.98. The van der Waals surface area contributed by atoms with E-state index in [9.17, 15) is 14.0 Å². The van der Waals surface area contributed by atoms with Crippen molar-refractivity contribution in [2.24, 2.45) is 0 Å². The Morgan fingerprint density at radius 3 is 2.73 bits per heavy atom. The fraction of sp³-hybridized carbons (Fsp3) is 0.0667. The largest absolute Gasteiger partial charge is 0.465 e. The highest BCUT2D eigenvalue weighted by atomic mass is 35.5. The topological polar surface area (TPSA) is 64.1 Å². The Labute approximate surface area is 128 Å². The number of hydrogen-bond acceptors (Lipinski definition) is 3. The van der Waals surface area contributed by atoms with Crippen LogP contribution in [-0.2, 0) is 4.74 Å². The maximum absolute atomic E-state index is 14.4. The smallest absolute Gasteiger partial charge is 0.338 e. The van der Waals surface area contributed by atoms with Crippen molar-refractivity contribution in [1.82, 2.24) is 9.55 Å². The number of hydrogen-bond donors (Lipinski definition) is 1. The molecule has 0 amide bonds. The maximum atomic E-state index is 14.4. The normalized spacial score (nSPS) is 10.9. The first-order chi connectivity index (χ1) is 10.5. The first kappa shape index (κ1) is 14.3. The molecule has 0 fully saturated rings. The molecule has 1 heterocycles. The zero-order chi connectivity index (χ0) is 15.9. The number of halogens is 2. The van der Waals surface area contributed by atoms with E-state index in [-0.39, 0.29) is 16.6 Å². The molecule has 0 aliphatic carbocycles. The zero-order valence-corrected chi connectivity index (χ0v) is 12.1. The third-order valence-corrected chi connectivity index (χ3v) is 3.57. The number of carbonyl (C=O) groups is 1. The van der Waals surface area contributed by atoms with Crippen LogP contribution < -0.4 is 5.69 Å². The summed E-state index contributed by atoms with van der Waals surface area (Å²) in [6.07, 6.45) is 0. The lowest BCUT2D eigenvalue weighted by Gasteiger charge is -2.07. The summed E-state index contributed by atoms with van der Waals surface area (Å²) in [5.74, 6) is -1.41. The number of H-pyrrole nitrogens is 1. The van der Waals surface area contributed by atoms with E-state index in [4.69, 9.17) is 11.6 Å². The van der Waals surface area contributed by atoms with Crippen LogP contribution in [0, 0.1) is 5.82 Å². The molecule has 2 aromatic carbocycles. The molecule has 7 heteroatoms. The predicted octanol–water partition coefficient (Wildman–Crippen LogP) is 2.90. The average Bonchev–Trinajstić information content (AvgIpc) is 2.83. The molecule has 22 heavy (non-hydrogen) atoms. The minimum absolute atomic E-state index is 0.0139. The molecule has 0 bridgehead atoms. The fourth-order valence-electron chi connectivity index (χ4n) is 2.29. The van der Waals surface area contributed by atoms with Gasteiger partial charge < -0.3 is 9.72 Å². The number of aromatic amines is 1. The first-order valence-electron chi connectivity index (χ1n) is 6.30. The van der Waals surface area contributed by atoms with Gasteiger partial charge in [0, 0.05) is 0 Å². The highest BCUT2D eigenvalue weighted by Gasteiger charge is 2.18. The maximum Gasteiger partial charge on any atom is 0.338 e. The van der Waals surface area contributed by atoms with E-state index < -0.39 is 17.5 Å². The van der Waals surface area contributed by atoms with E-state index in [0.717, 1.165) is 10.6 Å². The van der Waals surface area contributed by atoms with Gasteiger partial charge in [0.25, 0.3) is 0 Å². The molecule has 0 saturated heterocycles. The fourth-order valence-corrected chi connectivity index (χ4v) is 2.51. The van der Waals surface area contributed by atoms with Gasteiger partial charge in [-0.25, -0.2) is 14.0 Å². The van der Waals surface area contributed by atoms with E-state index in [1.165, 1.54) is 13.2 Å². The van der Waals surface area contributed by atoms with E-state index >= 15 is 0 Å². The number of methoxy groups -OCH3 is 1. The third-order valence-electron chi connectivity index (χ3n) is 3.25. The lowest BCUT2D eigenvalue weighted by molar-refractivity contribution is 0.0600. The number of nitrogens with one attached hydrogen (secondary N) is 1. The third kappa shape index (κ3) is 2.17. The van der Waals surface area contributed by atoms with Gasteiger partial charge in [0.05, 0.1) is 28.9 Å². The number of imidazole rings is 1. The summed E-state index contributed by atoms with van der Waals surface area (Å²) in [5.41, 5.74) is 0.0188. The Kier molecular flexibility index (Phi) is 3.46. The minimum atomic E-state index is -0.726. The molecule has 112 valence electrons. The predicted molar refractivity (Wildman–Crippen MR) is 80.2 cm³/mol. The standard InChI is InChI=1S/C15H10ClFN2O3/c1-22-14(20)8-6-10(17)13-11(7-8)18-15(21)19(13)12-5-3-2-4-9(12)16/h2-7H,1H3,(H,18,21). The zero-order valence-electron chi connectivity index (χ0n) is 11.4. The summed E-state index contributed by atoms with van der Waals surface area (Å²) < 4.78 is 20.1. The van der Waals surface area contributed by atoms with Gasteiger partial charge in [0.2, 0.25) is 0 Å². The van der Waals surface area contributed by atoms with Gasteiger partial charge in [-0.3, -0.25) is 4.57 Å². The summed E-state index contributed by atoms with van der Waals surface area (Å²) >= 11 is 6.07. The van der Waals surface area contributed by atoms with Crippen molar-refractivity contribution in [2.75, 3.05) is 7.11 Å². The quantitative estimate of drug-likeness (QED) is 0.738. The van der Waals surface area contributed by atoms with Crippen LogP contribution in [-0.4, -0.2) is 22.6 Å². The van der Waals surface area contributed by atoms with Crippen molar-refractivity contribution in [2.45, 2.75) is 0 Å². The summed E-state index contributed by atoms with van der Waals surface area (Å²) in [5, 5.41) is 0.307. The number of fused-ring (bicyclic) bond motifs is 1. The van der Waals surface area contributed by atoms with Crippen LogP contribution in [0.4, 0.5) is 4.39 Å². The van der Waals surface area contributed by atoms with Crippen LogP contribution in [0.15, 0.2) is 41.2 Å². The lowest BCUT2D eigenvalue weighted by atomic mass is 10.2. The van der Waals surface area contributed by atoms with Gasteiger partial charge in [-0.15, -0.1) is 0 Å². The van der Waals surface area contributed by atoms with Crippen LogP contribution >= 0.6 is 11.6 Å². The van der Waals surface area contributed by atoms with Crippen LogP contribution in [0.2, 0.25) is 5.02 Å². The molecule has 0 aliphatic heterocycles. The molecule has 0 spiro atoms. The second-order valence-corrected chi connectivity index (χ2v) is 4.97. The number of benzene rings is 2. The summed E-state index contributed by atoms with van der Waals surface area (Å²) in [6.45, 7) is 0. The second kappa shape index (κ2) is 5.31. The van der Waals surface area contributed by atoms with Crippen molar-refractivity contribution in [3.8, 4) is 5.69 Å². The number of esters is 1. The van der Waals surface area contributed by atoms with E-state index in [0.29, 0.717) is 10.7 Å². The molecule has 0 saturated carbocycles. The second-order valence-electron chi connectivity index (χ2n) is 4.56. The van der Waals surface area contributed by atoms with Crippen molar-refractivity contribution >= 4 is 28.6 Å². The molecule has 1 N–H and O–H groups in total. The molecular formula is C15H10ClFN2O3. The molecule has 0 radical (unpaired) electrons. The highest BCUT2D eigenvalue weighted by molar-refractivity contribution is 6.32. The number of carbonyl (C=O) groups excluding carboxylic acids is 1. The number of aromatic nitrogens is 2. The Balaban J connectivity index is 2.34. The van der Waals surface area contributed by atoms with Gasteiger partial charge in [0.1, 0.15) is 11.3 Å². The van der Waals surface area contributed by atoms with Gasteiger partial charge in [-0.2, -0.15) is 0 Å². The lowest BCUT2D eigenvalue weighted by Crippen LogP contribution is -2.15. The molecule has 0 atom stereocenters. The minimum Gasteiger partial charge on any atom is -0.465 e. The van der Waals surface area contributed by atoms with E-state index in [1.54, 1.807) is 24.3 Å². The molecule has 0 unspecified atom stereocenters. The Hall–Kier alpha value is -2.60. The molecule has 3 aromatic rings. The molecule has 3 rings (SSSR count). The van der Waals surface area contributed by atoms with E-state index in [1.807, 2.05) is 0 Å². The Bertz CT molecular complexity index is 946. The van der Waals surface area contributed by atoms with Crippen LogP contribution in [0.25, 0.3) is 16.7 Å². The van der Waals surface area contributed by atoms with Crippen LogP contribution in [0.5, 0.6) is 0 Å². The SMILES string of the molecule is COC(=O)c1cc(F)c2c(c1)[nH]c(=O)n2-c1ccccc1Cl. The number of rotatable bonds is 2. The van der Waals surface area contributed by atoms with Crippen molar-refractivity contribution in [1.29, 1.82) is 0 Å². The summed E-state index contributed by atoms with van der Waals surface area (Å²) in [4.78, 5) is 26.2. The van der Waals surface area contributed by atoms with Crippen molar-refractivity contribution in [3.05, 3.63) is 63.3 Å². The van der Waals surface area contributed by atoms with Gasteiger partial charge in [-0.1, -0.05) is 23.7 Å². The van der Waals surface area contributed by atoms with Gasteiger partial charge in [-0.05, 0) is 24.3 Å².